The van der Waals surface area contributed by atoms with Crippen LogP contribution in [0.5, 0.6) is 0 Å². The van der Waals surface area contributed by atoms with E-state index in [1.165, 1.54) is 12.1 Å². The lowest BCUT2D eigenvalue weighted by Gasteiger charge is -2.17. The number of carbonyl (C=O) groups excluding carboxylic acids is 1. The second-order valence-electron chi connectivity index (χ2n) is 4.51. The maximum Gasteiger partial charge on any atom is 0.335 e. The summed E-state index contributed by atoms with van der Waals surface area (Å²) in [6.07, 6.45) is 0. The number of carboxylic acids is 1. The number of amides is 1. The molecule has 0 aliphatic rings. The van der Waals surface area contributed by atoms with Gasteiger partial charge in [-0.25, -0.2) is 9.18 Å². The van der Waals surface area contributed by atoms with E-state index >= 15 is 0 Å². The Balaban J connectivity index is 2.90. The first-order chi connectivity index (χ1) is 8.32. The molecule has 0 spiro atoms. The molecule has 1 aromatic rings. The molecular weight excluding hydrogens is 237 g/mol. The van der Waals surface area contributed by atoms with Crippen LogP contribution in [0.4, 0.5) is 4.39 Å². The normalized spacial score (nSPS) is 12.3. The van der Waals surface area contributed by atoms with E-state index in [1.54, 1.807) is 0 Å². The van der Waals surface area contributed by atoms with Gasteiger partial charge in [-0.2, -0.15) is 0 Å². The van der Waals surface area contributed by atoms with Crippen LogP contribution in [0.1, 0.15) is 41.5 Å². The largest absolute Gasteiger partial charge is 0.478 e. The number of nitrogens with one attached hydrogen (secondary N) is 1. The maximum absolute atomic E-state index is 13.6. The Morgan fingerprint density at radius 3 is 2.33 bits per heavy atom. The molecule has 0 saturated heterocycles. The van der Waals surface area contributed by atoms with Crippen LogP contribution in [0.15, 0.2) is 18.2 Å². The van der Waals surface area contributed by atoms with Crippen molar-refractivity contribution in [3.05, 3.63) is 35.1 Å². The number of aromatic carboxylic acids is 1. The lowest BCUT2D eigenvalue weighted by molar-refractivity contribution is 0.0695. The van der Waals surface area contributed by atoms with Gasteiger partial charge < -0.3 is 10.4 Å². The highest BCUT2D eigenvalue weighted by Gasteiger charge is 2.17. The van der Waals surface area contributed by atoms with Gasteiger partial charge in [-0.3, -0.25) is 4.79 Å². The van der Waals surface area contributed by atoms with Crippen LogP contribution in [0, 0.1) is 11.7 Å². The van der Waals surface area contributed by atoms with Gasteiger partial charge >= 0.3 is 5.97 Å². The number of hydrogen-bond acceptors (Lipinski definition) is 2. The van der Waals surface area contributed by atoms with Crippen molar-refractivity contribution in [2.75, 3.05) is 0 Å². The predicted molar refractivity (Wildman–Crippen MR) is 65.1 cm³/mol. The van der Waals surface area contributed by atoms with Crippen LogP contribution in [-0.4, -0.2) is 23.0 Å². The Labute approximate surface area is 105 Å². The molecule has 0 fully saturated rings. The average Bonchev–Trinajstić information content (AvgIpc) is 2.28. The van der Waals surface area contributed by atoms with Gasteiger partial charge in [0.25, 0.3) is 5.91 Å². The maximum atomic E-state index is 13.6. The number of halogens is 1. The van der Waals surface area contributed by atoms with Crippen molar-refractivity contribution in [1.82, 2.24) is 5.32 Å². The molecule has 1 amide bonds. The Kier molecular flexibility index (Phi) is 4.42. The van der Waals surface area contributed by atoms with Gasteiger partial charge in [-0.05, 0) is 31.0 Å². The minimum Gasteiger partial charge on any atom is -0.478 e. The number of carboxylic acid groups (broad SMARTS) is 1. The third-order valence-corrected chi connectivity index (χ3v) is 2.82. The molecule has 0 saturated carbocycles. The fraction of sp³-hybridized carbons (Fsp3) is 0.385. The third kappa shape index (κ3) is 3.29. The molecule has 0 heterocycles. The first-order valence-electron chi connectivity index (χ1n) is 5.66. The van der Waals surface area contributed by atoms with E-state index in [9.17, 15) is 14.0 Å². The third-order valence-electron chi connectivity index (χ3n) is 2.82. The quantitative estimate of drug-likeness (QED) is 0.865. The summed E-state index contributed by atoms with van der Waals surface area (Å²) in [5.41, 5.74) is -0.326. The van der Waals surface area contributed by atoms with Crippen molar-refractivity contribution in [1.29, 1.82) is 0 Å². The summed E-state index contributed by atoms with van der Waals surface area (Å²) in [5.74, 6) is -2.36. The lowest BCUT2D eigenvalue weighted by atomic mass is 10.1. The van der Waals surface area contributed by atoms with E-state index in [-0.39, 0.29) is 23.1 Å². The molecule has 0 aliphatic carbocycles. The number of benzene rings is 1. The Morgan fingerprint density at radius 1 is 1.28 bits per heavy atom. The monoisotopic (exact) mass is 253 g/mol. The smallest absolute Gasteiger partial charge is 0.335 e. The number of carbonyl (C=O) groups is 2. The zero-order valence-electron chi connectivity index (χ0n) is 10.5. The van der Waals surface area contributed by atoms with Gasteiger partial charge in [-0.15, -0.1) is 0 Å². The summed E-state index contributed by atoms with van der Waals surface area (Å²) in [4.78, 5) is 22.4. The van der Waals surface area contributed by atoms with Crippen LogP contribution in [0.2, 0.25) is 0 Å². The molecule has 18 heavy (non-hydrogen) atoms. The van der Waals surface area contributed by atoms with E-state index in [0.29, 0.717) is 0 Å². The first kappa shape index (κ1) is 14.2. The van der Waals surface area contributed by atoms with Crippen LogP contribution in [0.25, 0.3) is 0 Å². The predicted octanol–water partition coefficient (Wildman–Crippen LogP) is 2.30. The molecule has 2 N–H and O–H groups in total. The van der Waals surface area contributed by atoms with E-state index in [4.69, 9.17) is 5.11 Å². The van der Waals surface area contributed by atoms with Gasteiger partial charge in [0.05, 0.1) is 11.1 Å². The molecule has 98 valence electrons. The standard InChI is InChI=1S/C13H16FNO3/c1-7(2)8(3)15-12(16)10-5-4-9(13(17)18)6-11(10)14/h4-8H,1-3H3,(H,15,16)(H,17,18). The summed E-state index contributed by atoms with van der Waals surface area (Å²) in [5, 5.41) is 11.3. The molecular formula is C13H16FNO3. The zero-order chi connectivity index (χ0) is 13.9. The summed E-state index contributed by atoms with van der Waals surface area (Å²) >= 11 is 0. The molecule has 5 heteroatoms. The zero-order valence-corrected chi connectivity index (χ0v) is 10.5. The van der Waals surface area contributed by atoms with Gasteiger partial charge in [0, 0.05) is 6.04 Å². The molecule has 1 aromatic carbocycles. The number of rotatable bonds is 4. The second-order valence-corrected chi connectivity index (χ2v) is 4.51. The van der Waals surface area contributed by atoms with Gasteiger partial charge in [0.2, 0.25) is 0 Å². The van der Waals surface area contributed by atoms with Crippen molar-refractivity contribution in [2.45, 2.75) is 26.8 Å². The van der Waals surface area contributed by atoms with Crippen LogP contribution in [0.3, 0.4) is 0 Å². The van der Waals surface area contributed by atoms with Gasteiger partial charge in [0.1, 0.15) is 5.82 Å². The summed E-state index contributed by atoms with van der Waals surface area (Å²) in [6.45, 7) is 5.70. The second kappa shape index (κ2) is 5.62. The highest BCUT2D eigenvalue weighted by atomic mass is 19.1. The van der Waals surface area contributed by atoms with E-state index in [0.717, 1.165) is 6.07 Å². The minimum absolute atomic E-state index is 0.0870. The molecule has 1 unspecified atom stereocenters. The SMILES string of the molecule is CC(C)C(C)NC(=O)c1ccc(C(=O)O)cc1F. The molecule has 0 radical (unpaired) electrons. The molecule has 1 atom stereocenters. The average molecular weight is 253 g/mol. The van der Waals surface area contributed by atoms with Crippen LogP contribution in [-0.2, 0) is 0 Å². The molecule has 4 nitrogen and oxygen atoms in total. The topological polar surface area (TPSA) is 66.4 Å². The summed E-state index contributed by atoms with van der Waals surface area (Å²) < 4.78 is 13.6. The van der Waals surface area contributed by atoms with E-state index in [2.05, 4.69) is 5.32 Å². The lowest BCUT2D eigenvalue weighted by Crippen LogP contribution is -2.36. The Hall–Kier alpha value is -1.91. The van der Waals surface area contributed by atoms with Crippen LogP contribution >= 0.6 is 0 Å². The highest BCUT2D eigenvalue weighted by Crippen LogP contribution is 2.11. The molecule has 0 aromatic heterocycles. The van der Waals surface area contributed by atoms with Gasteiger partial charge in [0.15, 0.2) is 0 Å². The van der Waals surface area contributed by atoms with Crippen molar-refractivity contribution >= 4 is 11.9 Å². The fourth-order valence-electron chi connectivity index (χ4n) is 1.28. The van der Waals surface area contributed by atoms with Crippen molar-refractivity contribution in [3.8, 4) is 0 Å². The van der Waals surface area contributed by atoms with Crippen molar-refractivity contribution in [3.63, 3.8) is 0 Å². The molecule has 0 aliphatic heterocycles. The Bertz CT molecular complexity index is 471. The minimum atomic E-state index is -1.23. The van der Waals surface area contributed by atoms with Crippen molar-refractivity contribution < 1.29 is 19.1 Å². The summed E-state index contributed by atoms with van der Waals surface area (Å²) in [6, 6.07) is 3.15. The molecule has 1 rings (SSSR count). The fourth-order valence-corrected chi connectivity index (χ4v) is 1.28. The summed E-state index contributed by atoms with van der Waals surface area (Å²) in [7, 11) is 0. The van der Waals surface area contributed by atoms with E-state index in [1.807, 2.05) is 20.8 Å². The first-order valence-corrected chi connectivity index (χ1v) is 5.66. The highest BCUT2D eigenvalue weighted by molar-refractivity contribution is 5.96. The van der Waals surface area contributed by atoms with Gasteiger partial charge in [-0.1, -0.05) is 13.8 Å². The van der Waals surface area contributed by atoms with Crippen LogP contribution < -0.4 is 5.32 Å². The van der Waals surface area contributed by atoms with Crippen molar-refractivity contribution in [2.24, 2.45) is 5.92 Å². The molecule has 0 bridgehead atoms. The number of hydrogen-bond donors (Lipinski definition) is 2. The van der Waals surface area contributed by atoms with E-state index < -0.39 is 17.7 Å². The Morgan fingerprint density at radius 2 is 1.89 bits per heavy atom.